The van der Waals surface area contributed by atoms with Crippen molar-refractivity contribution >= 4 is 33.5 Å². The van der Waals surface area contributed by atoms with E-state index in [1.165, 1.54) is 12.1 Å². The zero-order chi connectivity index (χ0) is 20.7. The first-order valence-corrected chi connectivity index (χ1v) is 9.41. The Balaban J connectivity index is 0.00000300. The number of fused-ring (bicyclic) bond motifs is 1. The first-order chi connectivity index (χ1) is 12.9. The molecule has 1 aliphatic rings. The average Bonchev–Trinajstić information content (AvgIpc) is 2.88. The van der Waals surface area contributed by atoms with Crippen LogP contribution in [0.1, 0.15) is 32.0 Å². The summed E-state index contributed by atoms with van der Waals surface area (Å²) in [5, 5.41) is 7.45. The van der Waals surface area contributed by atoms with Crippen molar-refractivity contribution < 1.29 is 60.4 Å². The van der Waals surface area contributed by atoms with E-state index >= 15 is 0 Å². The zero-order valence-electron chi connectivity index (χ0n) is 16.0. The Morgan fingerprint density at radius 3 is 2.34 bits per heavy atom. The Hall–Kier alpha value is -0.970. The van der Waals surface area contributed by atoms with Gasteiger partial charge in [0.2, 0.25) is 0 Å². The van der Waals surface area contributed by atoms with E-state index in [9.17, 15) is 18.0 Å². The predicted octanol–water partition coefficient (Wildman–Crippen LogP) is 5.16. The molecule has 11 heteroatoms. The molecule has 0 fully saturated rings. The van der Waals surface area contributed by atoms with Crippen molar-refractivity contribution in [1.82, 2.24) is 14.7 Å². The topological polar surface area (TPSA) is 59.4 Å². The smallest absolute Gasteiger partial charge is 0.416 e. The fourth-order valence-corrected chi connectivity index (χ4v) is 3.24. The molecular formula is C18H20ArBrF3N4O2. The van der Waals surface area contributed by atoms with Crippen LogP contribution in [0.4, 0.5) is 29.5 Å². The molecule has 6 nitrogen and oxygen atoms in total. The molecule has 1 aromatic carbocycles. The van der Waals surface area contributed by atoms with Gasteiger partial charge in [0.1, 0.15) is 5.60 Å². The van der Waals surface area contributed by atoms with E-state index in [4.69, 9.17) is 4.74 Å². The van der Waals surface area contributed by atoms with Gasteiger partial charge >= 0.3 is 12.3 Å². The van der Waals surface area contributed by atoms with Crippen LogP contribution in [0.25, 0.3) is 0 Å². The molecule has 1 amide bonds. The van der Waals surface area contributed by atoms with Crippen LogP contribution >= 0.6 is 15.9 Å². The van der Waals surface area contributed by atoms with E-state index in [-0.39, 0.29) is 37.7 Å². The van der Waals surface area contributed by atoms with Crippen LogP contribution in [0.15, 0.2) is 28.7 Å². The minimum atomic E-state index is -4.38. The Kier molecular flexibility index (Phi) is 7.57. The number of nitrogens with one attached hydrogen (secondary N) is 1. The van der Waals surface area contributed by atoms with Crippen molar-refractivity contribution in [2.75, 3.05) is 11.9 Å². The minimum Gasteiger partial charge on any atom is -0.444 e. The molecule has 29 heavy (non-hydrogen) atoms. The summed E-state index contributed by atoms with van der Waals surface area (Å²) in [5.74, 6) is 0.473. The second-order valence-electron chi connectivity index (χ2n) is 7.43. The molecule has 1 aliphatic heterocycles. The number of alkyl halides is 3. The molecule has 1 N–H and O–H groups in total. The first kappa shape index (κ1) is 24.3. The third kappa shape index (κ3) is 6.02. The number of amides is 1. The van der Waals surface area contributed by atoms with Gasteiger partial charge in [0, 0.05) is 50.0 Å². The third-order valence-corrected chi connectivity index (χ3v) is 4.88. The second kappa shape index (κ2) is 9.03. The maximum atomic E-state index is 12.7. The van der Waals surface area contributed by atoms with Crippen molar-refractivity contribution in [3.05, 3.63) is 40.0 Å². The van der Waals surface area contributed by atoms with Gasteiger partial charge in [-0.25, -0.2) is 4.79 Å². The van der Waals surface area contributed by atoms with E-state index < -0.39 is 23.4 Å². The van der Waals surface area contributed by atoms with Crippen molar-refractivity contribution in [1.29, 1.82) is 0 Å². The number of nitrogens with zero attached hydrogens (tertiary/aromatic N) is 3. The molecule has 2 heterocycles. The van der Waals surface area contributed by atoms with E-state index in [0.717, 1.165) is 17.8 Å². The minimum absolute atomic E-state index is 0. The maximum absolute atomic E-state index is 12.7. The summed E-state index contributed by atoms with van der Waals surface area (Å²) >= 11 is 3.47. The molecule has 0 bridgehead atoms. The zero-order valence-corrected chi connectivity index (χ0v) is 18.2. The number of hydrogen-bond acceptors (Lipinski definition) is 4. The van der Waals surface area contributed by atoms with E-state index in [2.05, 4.69) is 26.3 Å². The van der Waals surface area contributed by atoms with Gasteiger partial charge in [-0.2, -0.15) is 18.3 Å². The number of benzene rings is 1. The number of ether oxygens (including phenoxy) is 1. The number of halogens is 4. The summed E-state index contributed by atoms with van der Waals surface area (Å²) in [6.45, 7) is 6.68. The molecule has 0 spiro atoms. The van der Waals surface area contributed by atoms with Crippen LogP contribution in [-0.2, 0) is 24.0 Å². The Bertz CT molecular complexity index is 879. The summed E-state index contributed by atoms with van der Waals surface area (Å²) < 4.78 is 45.9. The molecule has 1 aromatic heterocycles. The van der Waals surface area contributed by atoms with E-state index in [1.807, 2.05) is 0 Å². The van der Waals surface area contributed by atoms with Crippen LogP contribution in [0.2, 0.25) is 0 Å². The van der Waals surface area contributed by atoms with Crippen molar-refractivity contribution in [2.24, 2.45) is 0 Å². The normalized spacial score (nSPS) is 14.1. The number of carbonyl (C=O) groups excluding carboxylic acids is 1. The summed E-state index contributed by atoms with van der Waals surface area (Å²) in [4.78, 5) is 13.9. The molecule has 2 aromatic rings. The summed E-state index contributed by atoms with van der Waals surface area (Å²) in [5.41, 5.74) is -0.0321. The number of aromatic nitrogens is 2. The predicted molar refractivity (Wildman–Crippen MR) is 101 cm³/mol. The van der Waals surface area contributed by atoms with Gasteiger partial charge in [-0.15, -0.1) is 0 Å². The van der Waals surface area contributed by atoms with Crippen LogP contribution in [0.3, 0.4) is 0 Å². The third-order valence-electron chi connectivity index (χ3n) is 4.04. The first-order valence-electron chi connectivity index (χ1n) is 8.61. The molecule has 0 saturated carbocycles. The Labute approximate surface area is 204 Å². The summed E-state index contributed by atoms with van der Waals surface area (Å²) in [6, 6.07) is 4.72. The fraction of sp³-hybridized carbons (Fsp3) is 0.444. The van der Waals surface area contributed by atoms with Gasteiger partial charge in [0.05, 0.1) is 28.8 Å². The van der Waals surface area contributed by atoms with Crippen LogP contribution in [0.5, 0.6) is 0 Å². The largest absolute Gasteiger partial charge is 0.444 e. The SMILES string of the molecule is CC(C)(C)OC(=O)N1CCn2nc(Nc3ccc(C(F)(F)F)cc3)c(Br)c2C1.[Ar]. The Morgan fingerprint density at radius 1 is 1.17 bits per heavy atom. The maximum Gasteiger partial charge on any atom is 0.416 e. The number of hydrogen-bond donors (Lipinski definition) is 1. The fourth-order valence-electron chi connectivity index (χ4n) is 2.73. The standard InChI is InChI=1S/C18H20BrF3N4O2.Ar/c1-17(2,3)28-16(27)25-8-9-26-13(10-25)14(19)15(24-26)23-12-6-4-11(5-7-12)18(20,21)22;/h4-7H,8-10H2,1-3H3,(H,23,24);. The van der Waals surface area contributed by atoms with Crippen molar-refractivity contribution in [3.8, 4) is 0 Å². The average molecular weight is 501 g/mol. The molecule has 0 unspecified atom stereocenters. The molecule has 0 atom stereocenters. The van der Waals surface area contributed by atoms with Gasteiger partial charge in [0.15, 0.2) is 5.82 Å². The van der Waals surface area contributed by atoms with Gasteiger partial charge in [-0.1, -0.05) is 0 Å². The van der Waals surface area contributed by atoms with E-state index in [0.29, 0.717) is 35.6 Å². The molecule has 0 aliphatic carbocycles. The van der Waals surface area contributed by atoms with Crippen LogP contribution in [0, 0.1) is 37.7 Å². The molecular weight excluding hydrogens is 481 g/mol. The quantitative estimate of drug-likeness (QED) is 0.618. The monoisotopic (exact) mass is 500 g/mol. The van der Waals surface area contributed by atoms with Crippen molar-refractivity contribution in [3.63, 3.8) is 0 Å². The van der Waals surface area contributed by atoms with Gasteiger partial charge in [0.25, 0.3) is 0 Å². The van der Waals surface area contributed by atoms with Crippen LogP contribution < -0.4 is 5.32 Å². The van der Waals surface area contributed by atoms with Gasteiger partial charge < -0.3 is 15.0 Å². The van der Waals surface area contributed by atoms with Gasteiger partial charge in [-0.3, -0.25) is 4.68 Å². The molecule has 0 saturated heterocycles. The van der Waals surface area contributed by atoms with E-state index in [1.54, 1.807) is 30.4 Å². The summed E-state index contributed by atoms with van der Waals surface area (Å²) in [6.07, 6.45) is -4.78. The number of rotatable bonds is 2. The van der Waals surface area contributed by atoms with Crippen LogP contribution in [-0.4, -0.2) is 32.9 Å². The molecule has 160 valence electrons. The number of anilines is 2. The summed E-state index contributed by atoms with van der Waals surface area (Å²) in [7, 11) is 0. The molecule has 3 rings (SSSR count). The Morgan fingerprint density at radius 2 is 1.79 bits per heavy atom. The van der Waals surface area contributed by atoms with Crippen molar-refractivity contribution in [2.45, 2.75) is 45.6 Å². The second-order valence-corrected chi connectivity index (χ2v) is 8.23. The molecule has 0 radical (unpaired) electrons. The van der Waals surface area contributed by atoms with Gasteiger partial charge in [-0.05, 0) is 61.0 Å². The number of carbonyl (C=O) groups is 1.